The number of hydrazone groups is 1. The quantitative estimate of drug-likeness (QED) is 0.799. The standard InChI is InChI=1S/C11H14N4O3/c1-6-7(2)18-10(13-6)5-12-11(17)8-3-4-9(16)15-14-8/h3-5H2,1-2H3,(H,12,17)(H,15,16). The molecule has 7 nitrogen and oxygen atoms in total. The smallest absolute Gasteiger partial charge is 0.267 e. The molecule has 0 aliphatic carbocycles. The minimum absolute atomic E-state index is 0.175. The van der Waals surface area contributed by atoms with Crippen LogP contribution in [0.2, 0.25) is 0 Å². The number of carbonyl (C=O) groups excluding carboxylic acids is 2. The highest BCUT2D eigenvalue weighted by atomic mass is 16.4. The zero-order valence-corrected chi connectivity index (χ0v) is 10.2. The van der Waals surface area contributed by atoms with Crippen molar-refractivity contribution in [3.63, 3.8) is 0 Å². The fourth-order valence-electron chi connectivity index (χ4n) is 1.51. The van der Waals surface area contributed by atoms with E-state index in [0.717, 1.165) is 11.5 Å². The Hall–Kier alpha value is -2.18. The van der Waals surface area contributed by atoms with E-state index < -0.39 is 0 Å². The molecule has 2 N–H and O–H groups in total. The summed E-state index contributed by atoms with van der Waals surface area (Å²) < 4.78 is 5.33. The summed E-state index contributed by atoms with van der Waals surface area (Å²) >= 11 is 0. The van der Waals surface area contributed by atoms with Crippen LogP contribution in [0.25, 0.3) is 0 Å². The fraction of sp³-hybridized carbons (Fsp3) is 0.455. The van der Waals surface area contributed by atoms with E-state index in [9.17, 15) is 9.59 Å². The van der Waals surface area contributed by atoms with Gasteiger partial charge in [0.15, 0.2) is 0 Å². The first-order valence-electron chi connectivity index (χ1n) is 5.63. The minimum Gasteiger partial charge on any atom is -0.444 e. The van der Waals surface area contributed by atoms with Gasteiger partial charge in [0, 0.05) is 12.8 Å². The summed E-state index contributed by atoms with van der Waals surface area (Å²) in [7, 11) is 0. The van der Waals surface area contributed by atoms with E-state index in [0.29, 0.717) is 18.0 Å². The van der Waals surface area contributed by atoms with E-state index >= 15 is 0 Å². The number of nitrogens with one attached hydrogen (secondary N) is 2. The summed E-state index contributed by atoms with van der Waals surface area (Å²) in [6.45, 7) is 3.86. The number of aromatic nitrogens is 1. The van der Waals surface area contributed by atoms with Gasteiger partial charge in [-0.25, -0.2) is 10.4 Å². The largest absolute Gasteiger partial charge is 0.444 e. The van der Waals surface area contributed by atoms with Crippen molar-refractivity contribution in [2.45, 2.75) is 33.2 Å². The van der Waals surface area contributed by atoms with Crippen LogP contribution in [0.4, 0.5) is 0 Å². The number of oxazole rings is 1. The van der Waals surface area contributed by atoms with Crippen LogP contribution in [0.15, 0.2) is 9.52 Å². The summed E-state index contributed by atoms with van der Waals surface area (Å²) in [4.78, 5) is 26.7. The van der Waals surface area contributed by atoms with E-state index in [1.807, 2.05) is 13.8 Å². The third kappa shape index (κ3) is 2.73. The van der Waals surface area contributed by atoms with Crippen LogP contribution in [-0.2, 0) is 16.1 Å². The van der Waals surface area contributed by atoms with Crippen LogP contribution in [0.3, 0.4) is 0 Å². The van der Waals surface area contributed by atoms with Gasteiger partial charge < -0.3 is 9.73 Å². The van der Waals surface area contributed by atoms with Crippen LogP contribution in [0.5, 0.6) is 0 Å². The molecule has 1 aromatic heterocycles. The maximum Gasteiger partial charge on any atom is 0.267 e. The average Bonchev–Trinajstić information content (AvgIpc) is 2.67. The third-order valence-electron chi connectivity index (χ3n) is 2.64. The van der Waals surface area contributed by atoms with Crippen molar-refractivity contribution in [1.29, 1.82) is 0 Å². The van der Waals surface area contributed by atoms with Gasteiger partial charge in [-0.2, -0.15) is 5.10 Å². The molecular weight excluding hydrogens is 236 g/mol. The van der Waals surface area contributed by atoms with E-state index in [1.165, 1.54) is 0 Å². The first kappa shape index (κ1) is 12.3. The normalized spacial score (nSPS) is 15.0. The second-order valence-corrected chi connectivity index (χ2v) is 4.03. The highest BCUT2D eigenvalue weighted by Crippen LogP contribution is 2.08. The molecule has 0 saturated carbocycles. The lowest BCUT2D eigenvalue weighted by Crippen LogP contribution is -2.36. The molecule has 0 unspecified atom stereocenters. The van der Waals surface area contributed by atoms with Gasteiger partial charge in [0.05, 0.1) is 12.2 Å². The Balaban J connectivity index is 1.90. The first-order chi connectivity index (χ1) is 8.56. The second-order valence-electron chi connectivity index (χ2n) is 4.03. The van der Waals surface area contributed by atoms with E-state index in [2.05, 4.69) is 20.8 Å². The topological polar surface area (TPSA) is 96.6 Å². The summed E-state index contributed by atoms with van der Waals surface area (Å²) in [5, 5.41) is 6.35. The highest BCUT2D eigenvalue weighted by Gasteiger charge is 2.18. The lowest BCUT2D eigenvalue weighted by atomic mass is 10.1. The molecular formula is C11H14N4O3. The molecule has 2 rings (SSSR count). The molecule has 2 heterocycles. The predicted octanol–water partition coefficient (Wildman–Crippen LogP) is 0.174. The lowest BCUT2D eigenvalue weighted by Gasteiger charge is -2.10. The van der Waals surface area contributed by atoms with E-state index in [1.54, 1.807) is 0 Å². The molecule has 96 valence electrons. The SMILES string of the molecule is Cc1nc(CNC(=O)C2=NNC(=O)CC2)oc1C. The third-order valence-corrected chi connectivity index (χ3v) is 2.64. The van der Waals surface area contributed by atoms with Crippen LogP contribution < -0.4 is 10.7 Å². The molecule has 1 aliphatic rings. The Morgan fingerprint density at radius 2 is 2.22 bits per heavy atom. The van der Waals surface area contributed by atoms with Gasteiger partial charge in [-0.1, -0.05) is 0 Å². The van der Waals surface area contributed by atoms with Crippen molar-refractivity contribution in [3.05, 3.63) is 17.3 Å². The number of nitrogens with zero attached hydrogens (tertiary/aromatic N) is 2. The van der Waals surface area contributed by atoms with Gasteiger partial charge >= 0.3 is 0 Å². The number of carbonyl (C=O) groups is 2. The predicted molar refractivity (Wildman–Crippen MR) is 62.6 cm³/mol. The molecule has 0 saturated heterocycles. The highest BCUT2D eigenvalue weighted by molar-refractivity contribution is 6.39. The van der Waals surface area contributed by atoms with Crippen LogP contribution in [-0.4, -0.2) is 22.5 Å². The molecule has 18 heavy (non-hydrogen) atoms. The number of amides is 2. The molecule has 0 fully saturated rings. The number of hydrogen-bond acceptors (Lipinski definition) is 5. The van der Waals surface area contributed by atoms with E-state index in [-0.39, 0.29) is 24.8 Å². The van der Waals surface area contributed by atoms with Crippen molar-refractivity contribution in [3.8, 4) is 0 Å². The van der Waals surface area contributed by atoms with Crippen molar-refractivity contribution in [2.75, 3.05) is 0 Å². The minimum atomic E-state index is -0.316. The Bertz CT molecular complexity index is 499. The molecule has 2 amide bonds. The van der Waals surface area contributed by atoms with Crippen molar-refractivity contribution in [2.24, 2.45) is 5.10 Å². The Morgan fingerprint density at radius 3 is 2.78 bits per heavy atom. The van der Waals surface area contributed by atoms with Gasteiger partial charge in [0.2, 0.25) is 11.8 Å². The summed E-state index contributed by atoms with van der Waals surface area (Å²) in [5.41, 5.74) is 3.39. The second kappa shape index (κ2) is 4.99. The number of rotatable bonds is 3. The van der Waals surface area contributed by atoms with Crippen molar-refractivity contribution < 1.29 is 14.0 Å². The van der Waals surface area contributed by atoms with Crippen molar-refractivity contribution in [1.82, 2.24) is 15.7 Å². The molecule has 0 atom stereocenters. The maximum absolute atomic E-state index is 11.7. The molecule has 0 radical (unpaired) electrons. The zero-order chi connectivity index (χ0) is 13.1. The van der Waals surface area contributed by atoms with Crippen LogP contribution in [0, 0.1) is 13.8 Å². The van der Waals surface area contributed by atoms with Crippen LogP contribution >= 0.6 is 0 Å². The number of aryl methyl sites for hydroxylation is 2. The van der Waals surface area contributed by atoms with Crippen molar-refractivity contribution >= 4 is 17.5 Å². The van der Waals surface area contributed by atoms with E-state index in [4.69, 9.17) is 4.42 Å². The Morgan fingerprint density at radius 1 is 1.44 bits per heavy atom. The Labute approximate surface area is 104 Å². The molecule has 0 aromatic carbocycles. The van der Waals surface area contributed by atoms with Gasteiger partial charge in [0.1, 0.15) is 11.5 Å². The number of hydrogen-bond donors (Lipinski definition) is 2. The fourth-order valence-corrected chi connectivity index (χ4v) is 1.51. The molecule has 1 aromatic rings. The molecule has 0 bridgehead atoms. The van der Waals surface area contributed by atoms with Gasteiger partial charge in [-0.3, -0.25) is 9.59 Å². The van der Waals surface area contributed by atoms with Gasteiger partial charge in [-0.15, -0.1) is 0 Å². The van der Waals surface area contributed by atoms with Crippen LogP contribution in [0.1, 0.15) is 30.2 Å². The van der Waals surface area contributed by atoms with Gasteiger partial charge in [-0.05, 0) is 13.8 Å². The summed E-state index contributed by atoms with van der Waals surface area (Å²) in [5.74, 6) is 0.703. The maximum atomic E-state index is 11.7. The average molecular weight is 250 g/mol. The molecule has 0 spiro atoms. The van der Waals surface area contributed by atoms with Gasteiger partial charge in [0.25, 0.3) is 5.91 Å². The zero-order valence-electron chi connectivity index (χ0n) is 10.2. The summed E-state index contributed by atoms with van der Waals surface area (Å²) in [6.07, 6.45) is 0.630. The molecule has 1 aliphatic heterocycles. The lowest BCUT2D eigenvalue weighted by molar-refractivity contribution is -0.121. The summed E-state index contributed by atoms with van der Waals surface area (Å²) in [6, 6.07) is 0. The first-order valence-corrected chi connectivity index (χ1v) is 5.63. The monoisotopic (exact) mass is 250 g/mol. The Kier molecular flexibility index (Phi) is 3.40. The molecule has 7 heteroatoms.